The first-order valence-electron chi connectivity index (χ1n) is 9.35. The summed E-state index contributed by atoms with van der Waals surface area (Å²) in [5, 5.41) is 4.72. The fourth-order valence-electron chi connectivity index (χ4n) is 3.41. The molecule has 0 aliphatic heterocycles. The maximum atomic E-state index is 13.0. The monoisotopic (exact) mass is 467 g/mol. The number of nitrogens with zero attached hydrogens (tertiary/aromatic N) is 1. The maximum absolute atomic E-state index is 13.0. The standard InChI is InChI=1S/C23H15Cl2N3O2S/c1-30-18-9-6-12(22-26-15-4-2-3-5-16(15)27-22)10-17(18)28-23(29)21-20(25)14-8-7-13(24)11-19(14)31-21/h2-11H,1H3,(H,26,27)(H,28,29). The SMILES string of the molecule is COc1ccc(-c2nc3ccccc3[nH]2)cc1NC(=O)c1sc2cc(Cl)ccc2c1Cl. The van der Waals surface area contributed by atoms with Gasteiger partial charge in [0.1, 0.15) is 16.5 Å². The molecule has 8 heteroatoms. The molecule has 0 unspecified atom stereocenters. The number of aromatic amines is 1. The van der Waals surface area contributed by atoms with Crippen molar-refractivity contribution in [3.8, 4) is 17.1 Å². The van der Waals surface area contributed by atoms with Crippen LogP contribution >= 0.6 is 34.5 Å². The summed E-state index contributed by atoms with van der Waals surface area (Å²) in [6.07, 6.45) is 0. The Balaban J connectivity index is 1.51. The molecule has 1 amide bonds. The van der Waals surface area contributed by atoms with Crippen LogP contribution in [0.2, 0.25) is 10.0 Å². The molecule has 2 aromatic heterocycles. The van der Waals surface area contributed by atoms with Crippen molar-refractivity contribution < 1.29 is 9.53 Å². The number of thiophene rings is 1. The predicted molar refractivity (Wildman–Crippen MR) is 128 cm³/mol. The van der Waals surface area contributed by atoms with Crippen molar-refractivity contribution in [2.75, 3.05) is 12.4 Å². The maximum Gasteiger partial charge on any atom is 0.267 e. The van der Waals surface area contributed by atoms with Gasteiger partial charge in [-0.25, -0.2) is 4.98 Å². The zero-order valence-corrected chi connectivity index (χ0v) is 18.5. The second-order valence-corrected chi connectivity index (χ2v) is 8.72. The Bertz CT molecular complexity index is 1430. The summed E-state index contributed by atoms with van der Waals surface area (Å²) in [6.45, 7) is 0. The number of halogens is 2. The highest BCUT2D eigenvalue weighted by Gasteiger charge is 2.19. The minimum atomic E-state index is -0.317. The Morgan fingerprint density at radius 2 is 1.94 bits per heavy atom. The number of hydrogen-bond donors (Lipinski definition) is 2. The third-order valence-corrected chi connectivity index (χ3v) is 6.80. The molecule has 3 aromatic carbocycles. The van der Waals surface area contributed by atoms with Crippen LogP contribution in [0, 0.1) is 0 Å². The summed E-state index contributed by atoms with van der Waals surface area (Å²) in [4.78, 5) is 21.4. The summed E-state index contributed by atoms with van der Waals surface area (Å²) in [5.74, 6) is 0.921. The molecule has 5 aromatic rings. The van der Waals surface area contributed by atoms with Crippen molar-refractivity contribution in [2.45, 2.75) is 0 Å². The predicted octanol–water partition coefficient (Wildman–Crippen LogP) is 7.01. The van der Waals surface area contributed by atoms with E-state index in [1.165, 1.54) is 11.3 Å². The molecular formula is C23H15Cl2N3O2S. The van der Waals surface area contributed by atoms with E-state index in [9.17, 15) is 4.79 Å². The number of carbonyl (C=O) groups excluding carboxylic acids is 1. The van der Waals surface area contributed by atoms with Gasteiger partial charge < -0.3 is 15.0 Å². The number of ether oxygens (including phenoxy) is 1. The van der Waals surface area contributed by atoms with E-state index in [-0.39, 0.29) is 5.91 Å². The fraction of sp³-hybridized carbons (Fsp3) is 0.0435. The van der Waals surface area contributed by atoms with Gasteiger partial charge in [-0.15, -0.1) is 11.3 Å². The summed E-state index contributed by atoms with van der Waals surface area (Å²) < 4.78 is 6.30. The van der Waals surface area contributed by atoms with Crippen molar-refractivity contribution in [1.29, 1.82) is 0 Å². The first-order chi connectivity index (χ1) is 15.0. The number of anilines is 1. The van der Waals surface area contributed by atoms with Crippen LogP contribution in [0.25, 0.3) is 32.5 Å². The van der Waals surface area contributed by atoms with Gasteiger partial charge in [-0.3, -0.25) is 4.79 Å². The van der Waals surface area contributed by atoms with E-state index in [1.807, 2.05) is 42.5 Å². The van der Waals surface area contributed by atoms with Crippen LogP contribution in [0.4, 0.5) is 5.69 Å². The first-order valence-corrected chi connectivity index (χ1v) is 10.9. The average molecular weight is 468 g/mol. The summed E-state index contributed by atoms with van der Waals surface area (Å²) in [6, 6.07) is 18.7. The summed E-state index contributed by atoms with van der Waals surface area (Å²) in [5.41, 5.74) is 3.16. The zero-order valence-electron chi connectivity index (χ0n) is 16.2. The van der Waals surface area contributed by atoms with Gasteiger partial charge in [0.05, 0.1) is 28.9 Å². The number of benzene rings is 3. The van der Waals surface area contributed by atoms with Gasteiger partial charge in [-0.1, -0.05) is 41.4 Å². The number of carbonyl (C=O) groups is 1. The fourth-order valence-corrected chi connectivity index (χ4v) is 5.09. The van der Waals surface area contributed by atoms with E-state index in [1.54, 1.807) is 25.3 Å². The van der Waals surface area contributed by atoms with E-state index in [0.29, 0.717) is 32.2 Å². The largest absolute Gasteiger partial charge is 0.495 e. The molecule has 0 spiro atoms. The molecule has 31 heavy (non-hydrogen) atoms. The number of para-hydroxylation sites is 2. The Morgan fingerprint density at radius 3 is 2.74 bits per heavy atom. The third kappa shape index (κ3) is 3.63. The Morgan fingerprint density at radius 1 is 1.10 bits per heavy atom. The quantitative estimate of drug-likeness (QED) is 0.298. The lowest BCUT2D eigenvalue weighted by molar-refractivity contribution is 0.103. The number of nitrogens with one attached hydrogen (secondary N) is 2. The van der Waals surface area contributed by atoms with Gasteiger partial charge in [-0.05, 0) is 42.5 Å². The van der Waals surface area contributed by atoms with Gasteiger partial charge in [0.25, 0.3) is 5.91 Å². The number of aromatic nitrogens is 2. The minimum absolute atomic E-state index is 0.317. The average Bonchev–Trinajstić information content (AvgIpc) is 3.34. The van der Waals surface area contributed by atoms with E-state index < -0.39 is 0 Å². The van der Waals surface area contributed by atoms with Gasteiger partial charge in [0.15, 0.2) is 0 Å². The lowest BCUT2D eigenvalue weighted by Gasteiger charge is -2.11. The van der Waals surface area contributed by atoms with Crippen LogP contribution < -0.4 is 10.1 Å². The molecule has 0 saturated heterocycles. The third-order valence-electron chi connectivity index (χ3n) is 4.91. The number of amides is 1. The van der Waals surface area contributed by atoms with E-state index in [2.05, 4.69) is 15.3 Å². The lowest BCUT2D eigenvalue weighted by Crippen LogP contribution is -2.11. The molecular weight excluding hydrogens is 453 g/mol. The van der Waals surface area contributed by atoms with Crippen LogP contribution in [0.3, 0.4) is 0 Å². The highest BCUT2D eigenvalue weighted by Crippen LogP contribution is 2.38. The van der Waals surface area contributed by atoms with Crippen LogP contribution in [-0.2, 0) is 0 Å². The number of hydrogen-bond acceptors (Lipinski definition) is 4. The van der Waals surface area contributed by atoms with Crippen LogP contribution in [-0.4, -0.2) is 23.0 Å². The van der Waals surface area contributed by atoms with Gasteiger partial charge in [-0.2, -0.15) is 0 Å². The molecule has 0 fully saturated rings. The molecule has 0 aliphatic carbocycles. The van der Waals surface area contributed by atoms with E-state index in [4.69, 9.17) is 27.9 Å². The van der Waals surface area contributed by atoms with Crippen molar-refractivity contribution in [2.24, 2.45) is 0 Å². The number of rotatable bonds is 4. The second kappa shape index (κ2) is 7.89. The molecule has 5 rings (SSSR count). The second-order valence-electron chi connectivity index (χ2n) is 6.86. The number of fused-ring (bicyclic) bond motifs is 2. The molecule has 2 N–H and O–H groups in total. The molecule has 154 valence electrons. The Hall–Kier alpha value is -3.06. The summed E-state index contributed by atoms with van der Waals surface area (Å²) >= 11 is 13.8. The van der Waals surface area contributed by atoms with Crippen molar-refractivity contribution in [1.82, 2.24) is 9.97 Å². The molecule has 0 atom stereocenters. The van der Waals surface area contributed by atoms with Gasteiger partial charge >= 0.3 is 0 Å². The molecule has 2 heterocycles. The van der Waals surface area contributed by atoms with Crippen LogP contribution in [0.1, 0.15) is 9.67 Å². The highest BCUT2D eigenvalue weighted by atomic mass is 35.5. The Labute approximate surface area is 191 Å². The van der Waals surface area contributed by atoms with Crippen molar-refractivity contribution in [3.63, 3.8) is 0 Å². The lowest BCUT2D eigenvalue weighted by atomic mass is 10.1. The Kier molecular flexibility index (Phi) is 5.06. The minimum Gasteiger partial charge on any atom is -0.495 e. The smallest absolute Gasteiger partial charge is 0.267 e. The number of H-pyrrole nitrogens is 1. The summed E-state index contributed by atoms with van der Waals surface area (Å²) in [7, 11) is 1.56. The number of imidazole rings is 1. The van der Waals surface area contributed by atoms with Gasteiger partial charge in [0.2, 0.25) is 0 Å². The zero-order chi connectivity index (χ0) is 21.5. The van der Waals surface area contributed by atoms with Crippen molar-refractivity contribution in [3.05, 3.63) is 75.6 Å². The molecule has 5 nitrogen and oxygen atoms in total. The molecule has 0 saturated carbocycles. The van der Waals surface area contributed by atoms with E-state index >= 15 is 0 Å². The molecule has 0 radical (unpaired) electrons. The van der Waals surface area contributed by atoms with Crippen LogP contribution in [0.15, 0.2) is 60.7 Å². The number of methoxy groups -OCH3 is 1. The first kappa shape index (κ1) is 19.9. The van der Waals surface area contributed by atoms with Crippen LogP contribution in [0.5, 0.6) is 5.75 Å². The normalized spacial score (nSPS) is 11.2. The molecule has 0 aliphatic rings. The highest BCUT2D eigenvalue weighted by molar-refractivity contribution is 7.21. The topological polar surface area (TPSA) is 67.0 Å². The molecule has 0 bridgehead atoms. The van der Waals surface area contributed by atoms with Gasteiger partial charge in [0, 0.05) is 20.7 Å². The van der Waals surface area contributed by atoms with E-state index in [0.717, 1.165) is 26.7 Å². The van der Waals surface area contributed by atoms with Crippen molar-refractivity contribution >= 4 is 67.3 Å².